The smallest absolute Gasteiger partial charge is 0.200 e. The fraction of sp³-hybridized carbons (Fsp3) is 0.364. The van der Waals surface area contributed by atoms with E-state index in [9.17, 15) is 0 Å². The van der Waals surface area contributed by atoms with E-state index in [0.29, 0.717) is 11.2 Å². The topological polar surface area (TPSA) is 54.9 Å². The van der Waals surface area contributed by atoms with Crippen LogP contribution >= 0.6 is 12.2 Å². The van der Waals surface area contributed by atoms with E-state index < -0.39 is 0 Å². The predicted molar refractivity (Wildman–Crippen MR) is 112 cm³/mol. The Balaban J connectivity index is 0.000000177. The molecule has 0 saturated carbocycles. The van der Waals surface area contributed by atoms with Crippen molar-refractivity contribution < 1.29 is 4.74 Å². The van der Waals surface area contributed by atoms with Crippen molar-refractivity contribution in [1.29, 1.82) is 0 Å². The predicted octanol–water partition coefficient (Wildman–Crippen LogP) is 4.78. The molecule has 144 valence electrons. The van der Waals surface area contributed by atoms with E-state index in [1.807, 2.05) is 29.1 Å². The SMILES string of the molecule is C1CC2CCC(C1)N2.S=c1ccc2c([nH]1)OCc1cc(-n3cccn3)ccc1-2. The highest BCUT2D eigenvalue weighted by atomic mass is 32.1. The van der Waals surface area contributed by atoms with Crippen LogP contribution in [0.4, 0.5) is 0 Å². The van der Waals surface area contributed by atoms with Gasteiger partial charge in [0.05, 0.1) is 5.69 Å². The van der Waals surface area contributed by atoms with Gasteiger partial charge in [0, 0.05) is 30.0 Å². The molecule has 0 radical (unpaired) electrons. The number of H-pyrrole nitrogens is 1. The number of nitrogens with zero attached hydrogens (tertiary/aromatic N) is 2. The largest absolute Gasteiger partial charge is 0.474 e. The second-order valence-electron chi connectivity index (χ2n) is 7.71. The second-order valence-corrected chi connectivity index (χ2v) is 8.15. The Bertz CT molecular complexity index is 1010. The maximum absolute atomic E-state index is 5.75. The highest BCUT2D eigenvalue weighted by Gasteiger charge is 2.26. The van der Waals surface area contributed by atoms with Crippen LogP contribution in [0.15, 0.2) is 48.8 Å². The molecule has 5 nitrogen and oxygen atoms in total. The number of hydrogen-bond donors (Lipinski definition) is 2. The number of fused-ring (bicyclic) bond motifs is 5. The van der Waals surface area contributed by atoms with Gasteiger partial charge in [-0.25, -0.2) is 4.68 Å². The summed E-state index contributed by atoms with van der Waals surface area (Å²) in [5.41, 5.74) is 4.40. The summed E-state index contributed by atoms with van der Waals surface area (Å²) < 4.78 is 8.27. The van der Waals surface area contributed by atoms with Gasteiger partial charge in [0.2, 0.25) is 0 Å². The minimum atomic E-state index is 0.534. The van der Waals surface area contributed by atoms with Crippen molar-refractivity contribution in [2.45, 2.75) is 50.8 Å². The Kier molecular flexibility index (Phi) is 4.74. The summed E-state index contributed by atoms with van der Waals surface area (Å²) in [6, 6.07) is 13.9. The van der Waals surface area contributed by atoms with Crippen LogP contribution in [0.5, 0.6) is 5.88 Å². The summed E-state index contributed by atoms with van der Waals surface area (Å²) >= 11 is 5.12. The molecule has 2 aromatic heterocycles. The molecule has 2 atom stereocenters. The Morgan fingerprint density at radius 2 is 1.86 bits per heavy atom. The number of hydrogen-bond acceptors (Lipinski definition) is 4. The van der Waals surface area contributed by atoms with Crippen LogP contribution in [0.2, 0.25) is 0 Å². The van der Waals surface area contributed by atoms with Crippen LogP contribution in [0.1, 0.15) is 37.7 Å². The van der Waals surface area contributed by atoms with Crippen molar-refractivity contribution in [2.24, 2.45) is 0 Å². The van der Waals surface area contributed by atoms with Gasteiger partial charge in [0.15, 0.2) is 5.88 Å². The molecule has 2 unspecified atom stereocenters. The summed E-state index contributed by atoms with van der Waals surface area (Å²) in [7, 11) is 0. The van der Waals surface area contributed by atoms with Gasteiger partial charge in [0.1, 0.15) is 11.2 Å². The second kappa shape index (κ2) is 7.53. The van der Waals surface area contributed by atoms with Crippen molar-refractivity contribution in [2.75, 3.05) is 0 Å². The summed E-state index contributed by atoms with van der Waals surface area (Å²) in [5.74, 6) is 0.747. The number of rotatable bonds is 1. The third-order valence-electron chi connectivity index (χ3n) is 5.84. The normalized spacial score (nSPS) is 21.7. The average molecular weight is 393 g/mol. The zero-order chi connectivity index (χ0) is 18.9. The number of aromatic amines is 1. The third kappa shape index (κ3) is 3.50. The van der Waals surface area contributed by atoms with Gasteiger partial charge in [-0.3, -0.25) is 0 Å². The first-order valence-corrected chi connectivity index (χ1v) is 10.4. The van der Waals surface area contributed by atoms with Crippen LogP contribution in [0, 0.1) is 4.64 Å². The van der Waals surface area contributed by atoms with Gasteiger partial charge in [0.25, 0.3) is 0 Å². The van der Waals surface area contributed by atoms with Crippen molar-refractivity contribution in [3.63, 3.8) is 0 Å². The van der Waals surface area contributed by atoms with Crippen LogP contribution in [-0.2, 0) is 6.61 Å². The van der Waals surface area contributed by atoms with Crippen LogP contribution in [-0.4, -0.2) is 26.8 Å². The van der Waals surface area contributed by atoms with Crippen molar-refractivity contribution in [3.8, 4) is 22.7 Å². The quantitative estimate of drug-likeness (QED) is 0.585. The van der Waals surface area contributed by atoms with E-state index >= 15 is 0 Å². The molecule has 2 saturated heterocycles. The number of nitrogens with one attached hydrogen (secondary N) is 2. The molecule has 3 aromatic rings. The number of piperidine rings is 1. The summed E-state index contributed by atoms with van der Waals surface area (Å²) in [6.07, 6.45) is 11.0. The number of benzene rings is 1. The maximum atomic E-state index is 5.75. The van der Waals surface area contributed by atoms with E-state index in [0.717, 1.165) is 34.8 Å². The first-order chi connectivity index (χ1) is 13.8. The van der Waals surface area contributed by atoms with E-state index in [2.05, 4.69) is 33.6 Å². The minimum absolute atomic E-state index is 0.534. The number of ether oxygens (including phenoxy) is 1. The fourth-order valence-corrected chi connectivity index (χ4v) is 4.59. The molecule has 0 amide bonds. The number of pyridine rings is 1. The molecule has 0 aliphatic carbocycles. The molecule has 2 fully saturated rings. The first-order valence-electron chi connectivity index (χ1n) is 10.0. The Morgan fingerprint density at radius 1 is 1.04 bits per heavy atom. The van der Waals surface area contributed by atoms with E-state index in [4.69, 9.17) is 17.0 Å². The molecule has 6 rings (SSSR count). The van der Waals surface area contributed by atoms with E-state index in [1.54, 1.807) is 6.20 Å². The fourth-order valence-electron chi connectivity index (χ4n) is 4.43. The first kappa shape index (κ1) is 17.6. The summed E-state index contributed by atoms with van der Waals surface area (Å²) in [5, 5.41) is 7.84. The zero-order valence-electron chi connectivity index (χ0n) is 15.7. The van der Waals surface area contributed by atoms with Crippen molar-refractivity contribution in [1.82, 2.24) is 20.1 Å². The molecule has 6 heteroatoms. The molecule has 1 aromatic carbocycles. The molecule has 3 aliphatic rings. The number of aromatic nitrogens is 3. The molecule has 28 heavy (non-hydrogen) atoms. The zero-order valence-corrected chi connectivity index (χ0v) is 16.5. The standard InChI is InChI=1S/C15H11N3OS.C7H13N/c20-14-5-4-13-12-3-2-11(18-7-1-6-16-18)8-10(12)9-19-15(13)17-14;1-2-6-4-5-7(3-1)8-6/h1-8H,9H2,(H,17,20);6-8H,1-5H2. The van der Waals surface area contributed by atoms with Crippen LogP contribution in [0.3, 0.4) is 0 Å². The van der Waals surface area contributed by atoms with Crippen LogP contribution < -0.4 is 10.1 Å². The summed E-state index contributed by atoms with van der Waals surface area (Å²) in [6.45, 7) is 0.534. The average Bonchev–Trinajstić information content (AvgIpc) is 3.37. The van der Waals surface area contributed by atoms with Crippen molar-refractivity contribution in [3.05, 3.63) is 59.0 Å². The van der Waals surface area contributed by atoms with E-state index in [-0.39, 0.29) is 0 Å². The summed E-state index contributed by atoms with van der Waals surface area (Å²) in [4.78, 5) is 3.09. The highest BCUT2D eigenvalue weighted by Crippen LogP contribution is 2.36. The highest BCUT2D eigenvalue weighted by molar-refractivity contribution is 7.71. The van der Waals surface area contributed by atoms with Gasteiger partial charge in [-0.15, -0.1) is 0 Å². The lowest BCUT2D eigenvalue weighted by atomic mass is 9.98. The monoisotopic (exact) mass is 392 g/mol. The van der Waals surface area contributed by atoms with Gasteiger partial charge in [-0.05, 0) is 67.1 Å². The molecule has 2 bridgehead atoms. The lowest BCUT2D eigenvalue weighted by Crippen LogP contribution is -2.33. The van der Waals surface area contributed by atoms with Gasteiger partial charge < -0.3 is 15.0 Å². The van der Waals surface area contributed by atoms with Crippen molar-refractivity contribution >= 4 is 12.2 Å². The Morgan fingerprint density at radius 3 is 2.61 bits per heavy atom. The van der Waals surface area contributed by atoms with Crippen LogP contribution in [0.25, 0.3) is 16.8 Å². The van der Waals surface area contributed by atoms with E-state index in [1.165, 1.54) is 37.7 Å². The molecular formula is C22H24N4OS. The Hall–Kier alpha value is -2.44. The molecule has 2 N–H and O–H groups in total. The lowest BCUT2D eigenvalue weighted by molar-refractivity contribution is 0.289. The van der Waals surface area contributed by atoms with Gasteiger partial charge in [-0.1, -0.05) is 24.7 Å². The minimum Gasteiger partial charge on any atom is -0.474 e. The lowest BCUT2D eigenvalue weighted by Gasteiger charge is -2.21. The maximum Gasteiger partial charge on any atom is 0.200 e. The van der Waals surface area contributed by atoms with Gasteiger partial charge >= 0.3 is 0 Å². The molecule has 0 spiro atoms. The third-order valence-corrected chi connectivity index (χ3v) is 6.08. The Labute approximate surface area is 169 Å². The molecular weight excluding hydrogens is 368 g/mol. The van der Waals surface area contributed by atoms with Gasteiger partial charge in [-0.2, -0.15) is 5.10 Å². The molecule has 3 aliphatic heterocycles. The molecule has 5 heterocycles.